The topological polar surface area (TPSA) is 104 Å². The monoisotopic (exact) mass is 396 g/mol. The van der Waals surface area contributed by atoms with Gasteiger partial charge >= 0.3 is 11.7 Å². The van der Waals surface area contributed by atoms with Crippen LogP contribution in [0.4, 0.5) is 5.95 Å². The van der Waals surface area contributed by atoms with Crippen LogP contribution >= 0.6 is 0 Å². The Morgan fingerprint density at radius 2 is 1.86 bits per heavy atom. The fourth-order valence-electron chi connectivity index (χ4n) is 3.31. The van der Waals surface area contributed by atoms with E-state index in [2.05, 4.69) is 10.1 Å². The van der Waals surface area contributed by atoms with Crippen molar-refractivity contribution in [1.29, 1.82) is 0 Å². The fraction of sp³-hybridized carbons (Fsp3) is 0.316. The predicted molar refractivity (Wildman–Crippen MR) is 107 cm³/mol. The van der Waals surface area contributed by atoms with Gasteiger partial charge in [-0.15, -0.1) is 0 Å². The normalized spacial score (nSPS) is 13.3. The highest BCUT2D eigenvalue weighted by Crippen LogP contribution is 2.23. The number of benzene rings is 1. The van der Waals surface area contributed by atoms with Crippen molar-refractivity contribution in [3.63, 3.8) is 0 Å². The molecule has 0 saturated heterocycles. The smallest absolute Gasteiger partial charge is 0.332 e. The molecule has 3 aromatic rings. The van der Waals surface area contributed by atoms with E-state index < -0.39 is 17.2 Å². The first-order chi connectivity index (χ1) is 13.9. The largest absolute Gasteiger partial charge is 0.459 e. The molecule has 0 bridgehead atoms. The molecule has 0 saturated carbocycles. The van der Waals surface area contributed by atoms with Gasteiger partial charge in [0.05, 0.1) is 12.3 Å². The highest BCUT2D eigenvalue weighted by atomic mass is 16.5. The zero-order valence-electron chi connectivity index (χ0n) is 16.3. The van der Waals surface area contributed by atoms with Crippen molar-refractivity contribution in [1.82, 2.24) is 18.7 Å². The summed E-state index contributed by atoms with van der Waals surface area (Å²) in [7, 11) is 2.97. The lowest BCUT2D eigenvalue weighted by molar-refractivity contribution is -0.143. The number of carbonyl (C=O) groups excluding carboxylic acids is 1. The zero-order valence-corrected chi connectivity index (χ0v) is 16.3. The first-order valence-corrected chi connectivity index (χ1v) is 9.04. The number of nitrogens with zero attached hydrogens (tertiary/aromatic N) is 6. The molecule has 0 radical (unpaired) electrons. The number of imidazole rings is 1. The standard InChI is InChI=1S/C19H20N6O4/c1-12-9-24-15-16(22(2)19(28)23(3)17(15)27)20-18(24)25(21-12)10-14(26)29-11-13-7-5-4-6-8-13/h4-8H,9-11H2,1-3H3. The third-order valence-electron chi connectivity index (χ3n) is 4.76. The summed E-state index contributed by atoms with van der Waals surface area (Å²) in [6.45, 7) is 2.13. The Morgan fingerprint density at radius 3 is 2.59 bits per heavy atom. The van der Waals surface area contributed by atoms with E-state index >= 15 is 0 Å². The Balaban J connectivity index is 1.66. The summed E-state index contributed by atoms with van der Waals surface area (Å²) < 4.78 is 9.35. The summed E-state index contributed by atoms with van der Waals surface area (Å²) in [5, 5.41) is 5.79. The summed E-state index contributed by atoms with van der Waals surface area (Å²) >= 11 is 0. The van der Waals surface area contributed by atoms with Crippen molar-refractivity contribution >= 4 is 28.8 Å². The van der Waals surface area contributed by atoms with Crippen LogP contribution in [-0.4, -0.2) is 36.9 Å². The molecule has 0 unspecified atom stereocenters. The summed E-state index contributed by atoms with van der Waals surface area (Å²) in [6, 6.07) is 9.36. The number of hydrogen-bond donors (Lipinski definition) is 0. The molecular formula is C19H20N6O4. The van der Waals surface area contributed by atoms with Crippen LogP contribution in [0.1, 0.15) is 12.5 Å². The molecular weight excluding hydrogens is 376 g/mol. The number of aryl methyl sites for hydroxylation is 1. The molecule has 0 amide bonds. The first-order valence-electron chi connectivity index (χ1n) is 9.04. The third-order valence-corrected chi connectivity index (χ3v) is 4.76. The van der Waals surface area contributed by atoms with Gasteiger partial charge in [0.15, 0.2) is 11.2 Å². The van der Waals surface area contributed by atoms with Gasteiger partial charge in [0.2, 0.25) is 5.95 Å². The minimum Gasteiger partial charge on any atom is -0.459 e. The van der Waals surface area contributed by atoms with Crippen molar-refractivity contribution in [3.8, 4) is 0 Å². The molecule has 2 aromatic heterocycles. The molecule has 10 nitrogen and oxygen atoms in total. The van der Waals surface area contributed by atoms with Gasteiger partial charge in [-0.3, -0.25) is 23.3 Å². The number of rotatable bonds is 4. The van der Waals surface area contributed by atoms with Crippen molar-refractivity contribution in [2.75, 3.05) is 11.6 Å². The average Bonchev–Trinajstić information content (AvgIpc) is 3.09. The molecule has 0 N–H and O–H groups in total. The summed E-state index contributed by atoms with van der Waals surface area (Å²) in [5.74, 6) is -0.159. The molecule has 3 heterocycles. The van der Waals surface area contributed by atoms with E-state index in [4.69, 9.17) is 4.74 Å². The van der Waals surface area contributed by atoms with Crippen molar-refractivity contribution in [2.24, 2.45) is 19.2 Å². The second-order valence-corrected chi connectivity index (χ2v) is 6.92. The summed E-state index contributed by atoms with van der Waals surface area (Å²) in [6.07, 6.45) is 0. The van der Waals surface area contributed by atoms with E-state index in [9.17, 15) is 14.4 Å². The second kappa shape index (κ2) is 7.04. The molecule has 10 heteroatoms. The first kappa shape index (κ1) is 18.7. The number of ether oxygens (including phenoxy) is 1. The van der Waals surface area contributed by atoms with Gasteiger partial charge in [-0.1, -0.05) is 30.3 Å². The minimum absolute atomic E-state index is 0.154. The van der Waals surface area contributed by atoms with E-state index in [-0.39, 0.29) is 18.8 Å². The average molecular weight is 396 g/mol. The molecule has 1 aliphatic rings. The van der Waals surface area contributed by atoms with E-state index in [0.717, 1.165) is 10.1 Å². The number of aromatic nitrogens is 4. The quantitative estimate of drug-likeness (QED) is 0.591. The number of fused-ring (bicyclic) bond motifs is 3. The van der Waals surface area contributed by atoms with Crippen molar-refractivity contribution in [3.05, 3.63) is 56.7 Å². The zero-order chi connectivity index (χ0) is 20.7. The third kappa shape index (κ3) is 3.22. The molecule has 0 spiro atoms. The minimum atomic E-state index is -0.479. The maximum absolute atomic E-state index is 12.7. The Labute approximate surface area is 165 Å². The Hall–Kier alpha value is -3.69. The number of anilines is 1. The van der Waals surface area contributed by atoms with Crippen LogP contribution in [0, 0.1) is 0 Å². The lowest BCUT2D eigenvalue weighted by atomic mass is 10.2. The molecule has 29 heavy (non-hydrogen) atoms. The maximum Gasteiger partial charge on any atom is 0.332 e. The molecule has 150 valence electrons. The Kier molecular flexibility index (Phi) is 4.53. The summed E-state index contributed by atoms with van der Waals surface area (Å²) in [4.78, 5) is 41.7. The molecule has 0 aliphatic carbocycles. The van der Waals surface area contributed by atoms with Crippen LogP contribution in [0.15, 0.2) is 45.0 Å². The molecule has 1 aliphatic heterocycles. The molecule has 0 fully saturated rings. The van der Waals surface area contributed by atoms with E-state index in [1.807, 2.05) is 30.3 Å². The van der Waals surface area contributed by atoms with Gasteiger partial charge in [-0.05, 0) is 12.5 Å². The van der Waals surface area contributed by atoms with E-state index in [1.165, 1.54) is 16.6 Å². The van der Waals surface area contributed by atoms with Crippen LogP contribution in [0.3, 0.4) is 0 Å². The maximum atomic E-state index is 12.7. The van der Waals surface area contributed by atoms with E-state index in [0.29, 0.717) is 23.7 Å². The lowest BCUT2D eigenvalue weighted by Gasteiger charge is -2.24. The van der Waals surface area contributed by atoms with E-state index in [1.54, 1.807) is 18.5 Å². The van der Waals surface area contributed by atoms with Gasteiger partial charge in [0.1, 0.15) is 13.2 Å². The SMILES string of the molecule is CC1=NN(CC(=O)OCc2ccccc2)c2nc3c(c(=O)n(C)c(=O)n3C)n2C1. The highest BCUT2D eigenvalue weighted by Gasteiger charge is 2.27. The van der Waals surface area contributed by atoms with Gasteiger partial charge in [0, 0.05) is 14.1 Å². The Bertz CT molecular complexity index is 1250. The number of esters is 1. The predicted octanol–water partition coefficient (Wildman–Crippen LogP) is 0.373. The fourth-order valence-corrected chi connectivity index (χ4v) is 3.31. The Morgan fingerprint density at radius 1 is 1.14 bits per heavy atom. The van der Waals surface area contributed by atoms with Crippen molar-refractivity contribution < 1.29 is 9.53 Å². The van der Waals surface area contributed by atoms with Crippen LogP contribution in [0.2, 0.25) is 0 Å². The number of hydrogen-bond acceptors (Lipinski definition) is 7. The van der Waals surface area contributed by atoms with Crippen LogP contribution in [0.25, 0.3) is 11.2 Å². The van der Waals surface area contributed by atoms with Crippen LogP contribution < -0.4 is 16.3 Å². The van der Waals surface area contributed by atoms with Gasteiger partial charge in [0.25, 0.3) is 5.56 Å². The highest BCUT2D eigenvalue weighted by molar-refractivity contribution is 5.89. The van der Waals surface area contributed by atoms with Crippen molar-refractivity contribution in [2.45, 2.75) is 20.1 Å². The van der Waals surface area contributed by atoms with Crippen LogP contribution in [-0.2, 0) is 36.8 Å². The van der Waals surface area contributed by atoms with Gasteiger partial charge in [-0.25, -0.2) is 9.80 Å². The number of hydrazone groups is 1. The lowest BCUT2D eigenvalue weighted by Crippen LogP contribution is -2.38. The summed E-state index contributed by atoms with van der Waals surface area (Å²) in [5.41, 5.74) is 1.21. The van der Waals surface area contributed by atoms with Gasteiger partial charge < -0.3 is 4.74 Å². The molecule has 4 rings (SSSR count). The molecule has 1 aromatic carbocycles. The van der Waals surface area contributed by atoms with Gasteiger partial charge in [-0.2, -0.15) is 10.1 Å². The second-order valence-electron chi connectivity index (χ2n) is 6.92. The van der Waals surface area contributed by atoms with Crippen LogP contribution in [0.5, 0.6) is 0 Å². The number of carbonyl (C=O) groups is 1. The molecule has 0 atom stereocenters.